The first-order valence-corrected chi connectivity index (χ1v) is 8.59. The lowest BCUT2D eigenvalue weighted by Gasteiger charge is -2.31. The van der Waals surface area contributed by atoms with E-state index in [0.717, 1.165) is 37.5 Å². The molecule has 3 nitrogen and oxygen atoms in total. The Balaban J connectivity index is 1.63. The van der Waals surface area contributed by atoms with Crippen LogP contribution in [0.5, 0.6) is 0 Å². The van der Waals surface area contributed by atoms with E-state index in [2.05, 4.69) is 12.2 Å². The van der Waals surface area contributed by atoms with E-state index < -0.39 is 0 Å². The molecule has 0 aromatic rings. The molecule has 2 rings (SSSR count). The molecule has 0 radical (unpaired) electrons. The summed E-state index contributed by atoms with van der Waals surface area (Å²) < 4.78 is 5.12. The molecule has 0 aromatic heterocycles. The fourth-order valence-electron chi connectivity index (χ4n) is 3.87. The molecule has 0 saturated heterocycles. The molecular weight excluding hydrogens is 250 g/mol. The van der Waals surface area contributed by atoms with Crippen LogP contribution in [-0.2, 0) is 9.53 Å². The summed E-state index contributed by atoms with van der Waals surface area (Å²) >= 11 is 0. The van der Waals surface area contributed by atoms with Crippen molar-refractivity contribution in [3.05, 3.63) is 0 Å². The Morgan fingerprint density at radius 2 is 1.90 bits per heavy atom. The summed E-state index contributed by atoms with van der Waals surface area (Å²) in [6.07, 6.45) is 9.87. The highest BCUT2D eigenvalue weighted by Crippen LogP contribution is 2.29. The summed E-state index contributed by atoms with van der Waals surface area (Å²) in [5.74, 6) is 1.96. The Labute approximate surface area is 123 Å². The lowest BCUT2D eigenvalue weighted by Crippen LogP contribution is -2.38. The lowest BCUT2D eigenvalue weighted by molar-refractivity contribution is -0.149. The molecule has 2 aliphatic rings. The van der Waals surface area contributed by atoms with Gasteiger partial charge in [-0.3, -0.25) is 4.79 Å². The lowest BCUT2D eigenvalue weighted by atomic mass is 9.81. The highest BCUT2D eigenvalue weighted by Gasteiger charge is 2.27. The molecular formula is C17H31NO2. The van der Waals surface area contributed by atoms with Crippen LogP contribution >= 0.6 is 0 Å². The summed E-state index contributed by atoms with van der Waals surface area (Å²) in [7, 11) is 0. The summed E-state index contributed by atoms with van der Waals surface area (Å²) in [5, 5.41) is 3.75. The zero-order chi connectivity index (χ0) is 14.4. The Morgan fingerprint density at radius 3 is 2.55 bits per heavy atom. The topological polar surface area (TPSA) is 38.3 Å². The van der Waals surface area contributed by atoms with Gasteiger partial charge >= 0.3 is 5.97 Å². The molecule has 0 bridgehead atoms. The Kier molecular flexibility index (Phi) is 6.34. The number of nitrogens with one attached hydrogen (secondary N) is 1. The molecule has 2 aliphatic carbocycles. The fourth-order valence-corrected chi connectivity index (χ4v) is 3.87. The maximum Gasteiger partial charge on any atom is 0.308 e. The number of hydrogen-bond donors (Lipinski definition) is 1. The maximum absolute atomic E-state index is 11.7. The average molecular weight is 281 g/mol. The fraction of sp³-hybridized carbons (Fsp3) is 0.941. The molecule has 2 atom stereocenters. The van der Waals surface area contributed by atoms with E-state index in [1.54, 1.807) is 0 Å². The minimum atomic E-state index is 0.0204. The number of ether oxygens (including phenoxy) is 1. The Morgan fingerprint density at radius 1 is 1.15 bits per heavy atom. The van der Waals surface area contributed by atoms with Gasteiger partial charge in [-0.15, -0.1) is 0 Å². The van der Waals surface area contributed by atoms with Crippen molar-refractivity contribution in [3.63, 3.8) is 0 Å². The van der Waals surface area contributed by atoms with Crippen LogP contribution in [0.15, 0.2) is 0 Å². The van der Waals surface area contributed by atoms with Crippen LogP contribution in [0.2, 0.25) is 0 Å². The smallest absolute Gasteiger partial charge is 0.308 e. The largest absolute Gasteiger partial charge is 0.466 e. The molecule has 20 heavy (non-hydrogen) atoms. The van der Waals surface area contributed by atoms with Crippen molar-refractivity contribution in [2.75, 3.05) is 13.2 Å². The number of esters is 1. The first-order valence-electron chi connectivity index (χ1n) is 8.59. The number of carbonyl (C=O) groups excluding carboxylic acids is 1. The van der Waals surface area contributed by atoms with Gasteiger partial charge in [-0.1, -0.05) is 19.8 Å². The van der Waals surface area contributed by atoms with Gasteiger partial charge in [-0.05, 0) is 63.8 Å². The molecule has 1 N–H and O–H groups in total. The Bertz CT molecular complexity index is 297. The summed E-state index contributed by atoms with van der Waals surface area (Å²) in [6.45, 7) is 5.96. The first-order chi connectivity index (χ1) is 9.69. The van der Waals surface area contributed by atoms with Crippen LogP contribution in [0, 0.1) is 17.8 Å². The van der Waals surface area contributed by atoms with Crippen molar-refractivity contribution in [1.82, 2.24) is 5.32 Å². The van der Waals surface area contributed by atoms with Crippen molar-refractivity contribution in [3.8, 4) is 0 Å². The second-order valence-electron chi connectivity index (χ2n) is 6.85. The molecule has 0 heterocycles. The molecule has 0 aromatic carbocycles. The molecule has 2 unspecified atom stereocenters. The standard InChI is InChI=1S/C17H31NO2/c1-3-20-17(19)15-7-9-16(10-8-15)18-12-14-6-4-5-13(2)11-14/h13-16,18H,3-12H2,1-2H3. The van der Waals surface area contributed by atoms with Gasteiger partial charge in [-0.2, -0.15) is 0 Å². The third-order valence-electron chi connectivity index (χ3n) is 5.09. The van der Waals surface area contributed by atoms with E-state index in [9.17, 15) is 4.79 Å². The second kappa shape index (κ2) is 8.02. The first kappa shape index (κ1) is 15.8. The summed E-state index contributed by atoms with van der Waals surface area (Å²) in [4.78, 5) is 11.7. The predicted octanol–water partition coefficient (Wildman–Crippen LogP) is 3.52. The zero-order valence-electron chi connectivity index (χ0n) is 13.2. The monoisotopic (exact) mass is 281 g/mol. The van der Waals surface area contributed by atoms with Gasteiger partial charge in [0.25, 0.3) is 0 Å². The van der Waals surface area contributed by atoms with E-state index in [1.807, 2.05) is 6.92 Å². The minimum absolute atomic E-state index is 0.0204. The van der Waals surface area contributed by atoms with Gasteiger partial charge in [-0.25, -0.2) is 0 Å². The van der Waals surface area contributed by atoms with Crippen LogP contribution in [0.25, 0.3) is 0 Å². The Hall–Kier alpha value is -0.570. The van der Waals surface area contributed by atoms with Gasteiger partial charge in [0.1, 0.15) is 0 Å². The minimum Gasteiger partial charge on any atom is -0.466 e. The van der Waals surface area contributed by atoms with Crippen molar-refractivity contribution in [1.29, 1.82) is 0 Å². The number of carbonyl (C=O) groups is 1. The normalized spacial score (nSPS) is 34.7. The van der Waals surface area contributed by atoms with Gasteiger partial charge in [0.15, 0.2) is 0 Å². The predicted molar refractivity (Wildman–Crippen MR) is 81.5 cm³/mol. The SMILES string of the molecule is CCOC(=O)C1CCC(NCC2CCCC(C)C2)CC1. The summed E-state index contributed by atoms with van der Waals surface area (Å²) in [6, 6.07) is 0.623. The molecule has 0 amide bonds. The van der Waals surface area contributed by atoms with E-state index in [0.29, 0.717) is 12.6 Å². The molecule has 3 heteroatoms. The third-order valence-corrected chi connectivity index (χ3v) is 5.09. The van der Waals surface area contributed by atoms with E-state index >= 15 is 0 Å². The van der Waals surface area contributed by atoms with Crippen LogP contribution < -0.4 is 5.32 Å². The molecule has 2 fully saturated rings. The van der Waals surface area contributed by atoms with Crippen LogP contribution in [-0.4, -0.2) is 25.2 Å². The highest BCUT2D eigenvalue weighted by atomic mass is 16.5. The van der Waals surface area contributed by atoms with Gasteiger partial charge in [0, 0.05) is 6.04 Å². The van der Waals surface area contributed by atoms with Gasteiger partial charge < -0.3 is 10.1 Å². The highest BCUT2D eigenvalue weighted by molar-refractivity contribution is 5.72. The molecule has 116 valence electrons. The van der Waals surface area contributed by atoms with E-state index in [4.69, 9.17) is 4.74 Å². The van der Waals surface area contributed by atoms with Crippen LogP contribution in [0.4, 0.5) is 0 Å². The van der Waals surface area contributed by atoms with Crippen LogP contribution in [0.1, 0.15) is 65.2 Å². The second-order valence-corrected chi connectivity index (χ2v) is 6.85. The van der Waals surface area contributed by atoms with Crippen molar-refractivity contribution >= 4 is 5.97 Å². The molecule has 2 saturated carbocycles. The molecule has 0 spiro atoms. The van der Waals surface area contributed by atoms with Crippen molar-refractivity contribution < 1.29 is 9.53 Å². The van der Waals surface area contributed by atoms with Crippen molar-refractivity contribution in [2.45, 2.75) is 71.3 Å². The van der Waals surface area contributed by atoms with E-state index in [-0.39, 0.29) is 11.9 Å². The van der Waals surface area contributed by atoms with Gasteiger partial charge in [0.2, 0.25) is 0 Å². The molecule has 0 aliphatic heterocycles. The van der Waals surface area contributed by atoms with Crippen molar-refractivity contribution in [2.24, 2.45) is 17.8 Å². The summed E-state index contributed by atoms with van der Waals surface area (Å²) in [5.41, 5.74) is 0. The number of rotatable bonds is 5. The van der Waals surface area contributed by atoms with Gasteiger partial charge in [0.05, 0.1) is 12.5 Å². The number of hydrogen-bond acceptors (Lipinski definition) is 3. The average Bonchev–Trinajstić information content (AvgIpc) is 2.46. The van der Waals surface area contributed by atoms with Crippen LogP contribution in [0.3, 0.4) is 0 Å². The third kappa shape index (κ3) is 4.76. The van der Waals surface area contributed by atoms with E-state index in [1.165, 1.54) is 32.2 Å². The zero-order valence-corrected chi connectivity index (χ0v) is 13.2. The maximum atomic E-state index is 11.7. The quantitative estimate of drug-likeness (QED) is 0.784.